The molecule has 2 aromatic rings. The summed E-state index contributed by atoms with van der Waals surface area (Å²) in [4.78, 5) is 23.6. The summed E-state index contributed by atoms with van der Waals surface area (Å²) in [6.07, 6.45) is 0.341. The van der Waals surface area contributed by atoms with Crippen molar-refractivity contribution in [1.29, 1.82) is 0 Å². The molecule has 2 N–H and O–H groups in total. The fourth-order valence-corrected chi connectivity index (χ4v) is 2.33. The summed E-state index contributed by atoms with van der Waals surface area (Å²) in [7, 11) is 0. The normalized spacial score (nSPS) is 10.2. The Morgan fingerprint density at radius 1 is 1.07 bits per heavy atom. The number of rotatable bonds is 9. The molecule has 2 aromatic carbocycles. The molecular formula is C20H19ClF2N2O3. The van der Waals surface area contributed by atoms with Crippen LogP contribution in [0.5, 0.6) is 5.75 Å². The second kappa shape index (κ2) is 10.4. The Bertz CT molecular complexity index is 874. The van der Waals surface area contributed by atoms with E-state index >= 15 is 0 Å². The smallest absolute Gasteiger partial charge is 0.262 e. The highest BCUT2D eigenvalue weighted by Gasteiger charge is 2.08. The van der Waals surface area contributed by atoms with Crippen molar-refractivity contribution in [2.45, 2.75) is 19.4 Å². The molecule has 8 heteroatoms. The molecule has 0 saturated heterocycles. The first kappa shape index (κ1) is 21.4. The lowest BCUT2D eigenvalue weighted by Crippen LogP contribution is -2.29. The highest BCUT2D eigenvalue weighted by Crippen LogP contribution is 2.20. The number of allylic oxidation sites excluding steroid dienone is 1. The molecule has 0 spiro atoms. The summed E-state index contributed by atoms with van der Waals surface area (Å²) in [5.41, 5.74) is 0.994. The molecule has 5 nitrogen and oxygen atoms in total. The number of carbonyl (C=O) groups excluding carboxylic acids is 2. The van der Waals surface area contributed by atoms with Gasteiger partial charge in [0.15, 0.2) is 6.61 Å². The lowest BCUT2D eigenvalue weighted by atomic mass is 10.2. The third-order valence-corrected chi connectivity index (χ3v) is 3.92. The number of halogens is 3. The first-order valence-electron chi connectivity index (χ1n) is 8.40. The molecule has 0 bridgehead atoms. The number of nitrogens with one attached hydrogen (secondary N) is 2. The lowest BCUT2D eigenvalue weighted by Gasteiger charge is -2.10. The van der Waals surface area contributed by atoms with Gasteiger partial charge in [-0.25, -0.2) is 8.78 Å². The molecule has 148 valence electrons. The van der Waals surface area contributed by atoms with Crippen LogP contribution in [-0.4, -0.2) is 18.4 Å². The number of carbonyl (C=O) groups is 2. The van der Waals surface area contributed by atoms with Crippen molar-refractivity contribution in [1.82, 2.24) is 10.6 Å². The van der Waals surface area contributed by atoms with Crippen molar-refractivity contribution >= 4 is 23.4 Å². The predicted octanol–water partition coefficient (Wildman–Crippen LogP) is 3.72. The molecule has 0 aliphatic rings. The van der Waals surface area contributed by atoms with Crippen LogP contribution >= 0.6 is 11.6 Å². The molecule has 2 amide bonds. The SMILES string of the molecule is C=C(CCC(=O)NCc1cccc(F)c1)NC(=O)COc1ccc(Cl)c(F)c1. The average molecular weight is 409 g/mol. The maximum Gasteiger partial charge on any atom is 0.262 e. The van der Waals surface area contributed by atoms with Gasteiger partial charge < -0.3 is 15.4 Å². The first-order chi connectivity index (χ1) is 13.3. The van der Waals surface area contributed by atoms with Crippen molar-refractivity contribution in [3.8, 4) is 5.75 Å². The van der Waals surface area contributed by atoms with Crippen LogP contribution in [0.2, 0.25) is 5.02 Å². The van der Waals surface area contributed by atoms with Gasteiger partial charge >= 0.3 is 0 Å². The Morgan fingerprint density at radius 3 is 2.57 bits per heavy atom. The number of amides is 2. The van der Waals surface area contributed by atoms with Crippen molar-refractivity contribution in [3.05, 3.63) is 77.0 Å². The van der Waals surface area contributed by atoms with Gasteiger partial charge in [0.05, 0.1) is 5.02 Å². The van der Waals surface area contributed by atoms with Crippen LogP contribution in [-0.2, 0) is 16.1 Å². The molecule has 0 radical (unpaired) electrons. The van der Waals surface area contributed by atoms with Gasteiger partial charge in [0.1, 0.15) is 17.4 Å². The summed E-state index contributed by atoms with van der Waals surface area (Å²) < 4.78 is 31.5. The van der Waals surface area contributed by atoms with E-state index in [0.29, 0.717) is 11.3 Å². The largest absolute Gasteiger partial charge is 0.484 e. The zero-order valence-electron chi connectivity index (χ0n) is 14.9. The fraction of sp³-hybridized carbons (Fsp3) is 0.200. The van der Waals surface area contributed by atoms with Gasteiger partial charge in [0.2, 0.25) is 5.91 Å². The van der Waals surface area contributed by atoms with E-state index in [4.69, 9.17) is 16.3 Å². The summed E-state index contributed by atoms with van der Waals surface area (Å²) >= 11 is 5.57. The Morgan fingerprint density at radius 2 is 1.86 bits per heavy atom. The second-order valence-electron chi connectivity index (χ2n) is 5.92. The van der Waals surface area contributed by atoms with Gasteiger partial charge in [0, 0.05) is 24.7 Å². The third-order valence-electron chi connectivity index (χ3n) is 3.61. The van der Waals surface area contributed by atoms with Crippen molar-refractivity contribution in [2.75, 3.05) is 6.61 Å². The average Bonchev–Trinajstić information content (AvgIpc) is 2.66. The molecule has 0 aliphatic heterocycles. The van der Waals surface area contributed by atoms with Crippen molar-refractivity contribution in [2.24, 2.45) is 0 Å². The third kappa shape index (κ3) is 7.36. The maximum absolute atomic E-state index is 13.3. The number of hydrogen-bond acceptors (Lipinski definition) is 3. The molecule has 0 saturated carbocycles. The second-order valence-corrected chi connectivity index (χ2v) is 6.33. The quantitative estimate of drug-likeness (QED) is 0.664. The highest BCUT2D eigenvalue weighted by atomic mass is 35.5. The summed E-state index contributed by atoms with van der Waals surface area (Å²) in [6.45, 7) is 3.55. The summed E-state index contributed by atoms with van der Waals surface area (Å²) in [6, 6.07) is 9.77. The van der Waals surface area contributed by atoms with Gasteiger partial charge in [-0.15, -0.1) is 0 Å². The predicted molar refractivity (Wildman–Crippen MR) is 102 cm³/mol. The molecule has 0 aromatic heterocycles. The Kier molecular flexibility index (Phi) is 7.95. The van der Waals surface area contributed by atoms with Crippen LogP contribution in [0.4, 0.5) is 8.78 Å². The minimum Gasteiger partial charge on any atom is -0.484 e. The zero-order chi connectivity index (χ0) is 20.5. The topological polar surface area (TPSA) is 67.4 Å². The number of benzene rings is 2. The van der Waals surface area contributed by atoms with Crippen LogP contribution in [0.3, 0.4) is 0 Å². The van der Waals surface area contributed by atoms with Crippen LogP contribution in [0.25, 0.3) is 0 Å². The standard InChI is InChI=1S/C20H19ClF2N2O3/c1-13(5-8-19(26)24-11-14-3-2-4-15(22)9-14)25-20(27)12-28-16-6-7-17(21)18(23)10-16/h2-4,6-7,9-10H,1,5,8,11-12H2,(H,24,26)(H,25,27). The number of ether oxygens (including phenoxy) is 1. The maximum atomic E-state index is 13.3. The van der Waals surface area contributed by atoms with Gasteiger partial charge in [-0.3, -0.25) is 9.59 Å². The molecule has 28 heavy (non-hydrogen) atoms. The summed E-state index contributed by atoms with van der Waals surface area (Å²) in [5.74, 6) is -1.59. The van der Waals surface area contributed by atoms with Crippen LogP contribution < -0.4 is 15.4 Å². The van der Waals surface area contributed by atoms with Crippen LogP contribution in [0.1, 0.15) is 18.4 Å². The van der Waals surface area contributed by atoms with Gasteiger partial charge in [-0.1, -0.05) is 30.3 Å². The van der Waals surface area contributed by atoms with Crippen LogP contribution in [0, 0.1) is 11.6 Å². The zero-order valence-corrected chi connectivity index (χ0v) is 15.7. The van der Waals surface area contributed by atoms with E-state index in [1.54, 1.807) is 12.1 Å². The molecule has 0 unspecified atom stereocenters. The van der Waals surface area contributed by atoms with E-state index in [0.717, 1.165) is 6.07 Å². The van der Waals surface area contributed by atoms with Crippen molar-refractivity contribution in [3.63, 3.8) is 0 Å². The molecule has 2 rings (SSSR count). The van der Waals surface area contributed by atoms with E-state index in [1.165, 1.54) is 24.3 Å². The van der Waals surface area contributed by atoms with E-state index in [-0.39, 0.29) is 48.5 Å². The summed E-state index contributed by atoms with van der Waals surface area (Å²) in [5, 5.41) is 5.13. The molecular weight excluding hydrogens is 390 g/mol. The van der Waals surface area contributed by atoms with Gasteiger partial charge in [0.25, 0.3) is 5.91 Å². The Labute approximate surface area is 166 Å². The van der Waals surface area contributed by atoms with E-state index < -0.39 is 11.7 Å². The molecule has 0 fully saturated rings. The molecule has 0 aliphatic carbocycles. The molecule has 0 heterocycles. The monoisotopic (exact) mass is 408 g/mol. The fourth-order valence-electron chi connectivity index (χ4n) is 2.21. The highest BCUT2D eigenvalue weighted by molar-refractivity contribution is 6.30. The van der Waals surface area contributed by atoms with Crippen LogP contribution in [0.15, 0.2) is 54.7 Å². The van der Waals surface area contributed by atoms with E-state index in [9.17, 15) is 18.4 Å². The Hall–Kier alpha value is -2.93. The first-order valence-corrected chi connectivity index (χ1v) is 8.78. The van der Waals surface area contributed by atoms with Gasteiger partial charge in [-0.2, -0.15) is 0 Å². The van der Waals surface area contributed by atoms with Gasteiger partial charge in [-0.05, 0) is 36.2 Å². The van der Waals surface area contributed by atoms with E-state index in [2.05, 4.69) is 17.2 Å². The Balaban J connectivity index is 1.66. The minimum absolute atomic E-state index is 0.0409. The lowest BCUT2D eigenvalue weighted by molar-refractivity contribution is -0.123. The van der Waals surface area contributed by atoms with Crippen molar-refractivity contribution < 1.29 is 23.1 Å². The molecule has 0 atom stereocenters. The van der Waals surface area contributed by atoms with E-state index in [1.807, 2.05) is 0 Å². The number of hydrogen-bond donors (Lipinski definition) is 2. The minimum atomic E-state index is -0.645.